The van der Waals surface area contributed by atoms with E-state index >= 15 is 0 Å². The summed E-state index contributed by atoms with van der Waals surface area (Å²) in [5, 5.41) is 6.68. The minimum atomic E-state index is 0. The summed E-state index contributed by atoms with van der Waals surface area (Å²) in [5.41, 5.74) is 0. The summed E-state index contributed by atoms with van der Waals surface area (Å²) in [4.78, 5) is 25.4. The number of hydrogen-bond acceptors (Lipinski definition) is 3. The van der Waals surface area contributed by atoms with Gasteiger partial charge < -0.3 is 15.5 Å². The van der Waals surface area contributed by atoms with Crippen LogP contribution < -0.4 is 10.6 Å². The summed E-state index contributed by atoms with van der Waals surface area (Å²) >= 11 is 0. The minimum Gasteiger partial charge on any atom is -0.352 e. The van der Waals surface area contributed by atoms with Gasteiger partial charge in [0, 0.05) is 31.1 Å². The second-order valence-corrected chi connectivity index (χ2v) is 6.15. The van der Waals surface area contributed by atoms with Crippen LogP contribution in [0.5, 0.6) is 0 Å². The molecule has 0 saturated carbocycles. The Kier molecular flexibility index (Phi) is 5.27. The van der Waals surface area contributed by atoms with Crippen LogP contribution >= 0.6 is 12.4 Å². The average Bonchev–Trinajstić information content (AvgIpc) is 2.72. The molecule has 2 N–H and O–H groups in total. The lowest BCUT2D eigenvalue weighted by Gasteiger charge is -2.31. The summed E-state index contributed by atoms with van der Waals surface area (Å²) < 4.78 is 0. The Bertz CT molecular complexity index is 365. The van der Waals surface area contributed by atoms with Crippen molar-refractivity contribution < 1.29 is 9.59 Å². The first-order valence-corrected chi connectivity index (χ1v) is 7.54. The molecule has 3 aliphatic heterocycles. The predicted molar refractivity (Wildman–Crippen MR) is 78.8 cm³/mol. The van der Waals surface area contributed by atoms with Crippen LogP contribution in [-0.2, 0) is 9.59 Å². The molecule has 2 unspecified atom stereocenters. The van der Waals surface area contributed by atoms with Crippen molar-refractivity contribution in [3.8, 4) is 0 Å². The highest BCUT2D eigenvalue weighted by molar-refractivity contribution is 5.85. The molecule has 3 aliphatic rings. The molecule has 0 radical (unpaired) electrons. The first-order valence-electron chi connectivity index (χ1n) is 7.54. The summed E-state index contributed by atoms with van der Waals surface area (Å²) in [5.74, 6) is 0.147. The number of rotatable bonds is 3. The summed E-state index contributed by atoms with van der Waals surface area (Å²) in [6, 6.07) is 1.47. The van der Waals surface area contributed by atoms with Crippen LogP contribution in [0.15, 0.2) is 0 Å². The van der Waals surface area contributed by atoms with Gasteiger partial charge in [-0.2, -0.15) is 0 Å². The minimum absolute atomic E-state index is 0. The Morgan fingerprint density at radius 3 is 2.60 bits per heavy atom. The summed E-state index contributed by atoms with van der Waals surface area (Å²) in [6.07, 6.45) is 7.14. The second kappa shape index (κ2) is 6.76. The van der Waals surface area contributed by atoms with E-state index < -0.39 is 0 Å². The molecule has 3 saturated heterocycles. The molecule has 5 nitrogen and oxygen atoms in total. The molecule has 3 heterocycles. The van der Waals surface area contributed by atoms with Crippen molar-refractivity contribution in [3.63, 3.8) is 0 Å². The molecule has 2 bridgehead atoms. The van der Waals surface area contributed by atoms with Crippen molar-refractivity contribution in [3.05, 3.63) is 0 Å². The van der Waals surface area contributed by atoms with E-state index in [0.29, 0.717) is 24.5 Å². The van der Waals surface area contributed by atoms with Crippen LogP contribution in [0, 0.1) is 0 Å². The van der Waals surface area contributed by atoms with Gasteiger partial charge in [-0.3, -0.25) is 9.59 Å². The largest absolute Gasteiger partial charge is 0.352 e. The van der Waals surface area contributed by atoms with Crippen molar-refractivity contribution in [2.75, 3.05) is 13.1 Å². The van der Waals surface area contributed by atoms with Crippen LogP contribution in [0.1, 0.15) is 44.9 Å². The number of halogens is 1. The normalized spacial score (nSPS) is 32.7. The van der Waals surface area contributed by atoms with E-state index in [1.54, 1.807) is 4.90 Å². The molecule has 0 aromatic rings. The molecule has 20 heavy (non-hydrogen) atoms. The van der Waals surface area contributed by atoms with Gasteiger partial charge in [-0.15, -0.1) is 12.4 Å². The van der Waals surface area contributed by atoms with Crippen LogP contribution in [0.25, 0.3) is 0 Å². The van der Waals surface area contributed by atoms with Crippen LogP contribution in [0.3, 0.4) is 0 Å². The van der Waals surface area contributed by atoms with Gasteiger partial charge in [-0.1, -0.05) is 0 Å². The second-order valence-electron chi connectivity index (χ2n) is 6.15. The van der Waals surface area contributed by atoms with Gasteiger partial charge in [0.2, 0.25) is 11.8 Å². The number of carbonyl (C=O) groups excluding carboxylic acids is 2. The number of hydrogen-bond donors (Lipinski definition) is 2. The lowest BCUT2D eigenvalue weighted by molar-refractivity contribution is -0.138. The zero-order chi connectivity index (χ0) is 13.2. The highest BCUT2D eigenvalue weighted by Crippen LogP contribution is 2.26. The number of carbonyl (C=O) groups is 2. The number of nitrogens with one attached hydrogen (secondary N) is 2. The molecule has 3 fully saturated rings. The van der Waals surface area contributed by atoms with E-state index in [1.165, 1.54) is 12.8 Å². The smallest absolute Gasteiger partial charge is 0.239 e. The first kappa shape index (κ1) is 15.6. The third kappa shape index (κ3) is 3.64. The molecular formula is C14H24ClN3O2. The number of likely N-dealkylation sites (tertiary alicyclic amines) is 1. The average molecular weight is 302 g/mol. The van der Waals surface area contributed by atoms with Gasteiger partial charge >= 0.3 is 0 Å². The maximum Gasteiger partial charge on any atom is 0.239 e. The Labute approximate surface area is 126 Å². The maximum atomic E-state index is 12.0. The molecule has 0 aliphatic carbocycles. The third-order valence-electron chi connectivity index (χ3n) is 4.59. The third-order valence-corrected chi connectivity index (χ3v) is 4.59. The predicted octanol–water partition coefficient (Wildman–Crippen LogP) is 0.820. The van der Waals surface area contributed by atoms with Crippen molar-refractivity contribution in [2.24, 2.45) is 0 Å². The zero-order valence-corrected chi connectivity index (χ0v) is 12.6. The number of amides is 2. The summed E-state index contributed by atoms with van der Waals surface area (Å²) in [6.45, 7) is 0.988. The van der Waals surface area contributed by atoms with Crippen LogP contribution in [0.4, 0.5) is 0 Å². The van der Waals surface area contributed by atoms with E-state index in [-0.39, 0.29) is 30.8 Å². The van der Waals surface area contributed by atoms with Crippen LogP contribution in [0.2, 0.25) is 0 Å². The highest BCUT2D eigenvalue weighted by atomic mass is 35.5. The Hall–Kier alpha value is -0.810. The molecular weight excluding hydrogens is 278 g/mol. The number of fused-ring (bicyclic) bond motifs is 2. The first-order chi connectivity index (χ1) is 9.20. The molecule has 6 heteroatoms. The van der Waals surface area contributed by atoms with E-state index in [4.69, 9.17) is 0 Å². The van der Waals surface area contributed by atoms with Gasteiger partial charge in [0.15, 0.2) is 0 Å². The van der Waals surface area contributed by atoms with Crippen molar-refractivity contribution in [1.82, 2.24) is 15.5 Å². The van der Waals surface area contributed by atoms with E-state index in [9.17, 15) is 9.59 Å². The Balaban J connectivity index is 0.00000147. The van der Waals surface area contributed by atoms with E-state index in [0.717, 1.165) is 32.2 Å². The lowest BCUT2D eigenvalue weighted by Crippen LogP contribution is -2.51. The van der Waals surface area contributed by atoms with Gasteiger partial charge in [0.1, 0.15) is 0 Å². The van der Waals surface area contributed by atoms with Gasteiger partial charge in [0.05, 0.1) is 6.54 Å². The topological polar surface area (TPSA) is 61.4 Å². The van der Waals surface area contributed by atoms with Gasteiger partial charge in [0.25, 0.3) is 0 Å². The van der Waals surface area contributed by atoms with Crippen molar-refractivity contribution in [2.45, 2.75) is 63.1 Å². The molecule has 2 atom stereocenters. The highest BCUT2D eigenvalue weighted by Gasteiger charge is 2.34. The van der Waals surface area contributed by atoms with E-state index in [2.05, 4.69) is 10.6 Å². The number of nitrogens with zero attached hydrogens (tertiary/aromatic N) is 1. The molecule has 0 aromatic carbocycles. The fourth-order valence-corrected chi connectivity index (χ4v) is 3.65. The Morgan fingerprint density at radius 2 is 1.95 bits per heavy atom. The van der Waals surface area contributed by atoms with Crippen LogP contribution in [-0.4, -0.2) is 47.9 Å². The maximum absolute atomic E-state index is 12.0. The molecule has 0 spiro atoms. The number of piperidine rings is 2. The van der Waals surface area contributed by atoms with Crippen molar-refractivity contribution >= 4 is 24.2 Å². The monoisotopic (exact) mass is 301 g/mol. The van der Waals surface area contributed by atoms with Gasteiger partial charge in [-0.05, 0) is 38.5 Å². The lowest BCUT2D eigenvalue weighted by atomic mass is 10.00. The van der Waals surface area contributed by atoms with E-state index in [1.807, 2.05) is 0 Å². The zero-order valence-electron chi connectivity index (χ0n) is 11.8. The Morgan fingerprint density at radius 1 is 1.25 bits per heavy atom. The molecule has 0 aromatic heterocycles. The van der Waals surface area contributed by atoms with Gasteiger partial charge in [-0.25, -0.2) is 0 Å². The van der Waals surface area contributed by atoms with Crippen molar-refractivity contribution in [1.29, 1.82) is 0 Å². The summed E-state index contributed by atoms with van der Waals surface area (Å²) in [7, 11) is 0. The standard InChI is InChI=1S/C14H23N3O2.ClH/c18-13(9-17-6-2-1-3-14(17)19)16-12-7-10-4-5-11(8-12)15-10;/h10-12,15H,1-9H2,(H,16,18);1H. The molecule has 2 amide bonds. The SMILES string of the molecule is Cl.O=C(CN1CCCCC1=O)NC1CC2CCC(C1)N2. The fourth-order valence-electron chi connectivity index (χ4n) is 3.65. The molecule has 3 rings (SSSR count). The quantitative estimate of drug-likeness (QED) is 0.811. The fraction of sp³-hybridized carbons (Fsp3) is 0.857. The molecule has 114 valence electrons.